The lowest BCUT2D eigenvalue weighted by Gasteiger charge is -2.15. The molecule has 0 fully saturated rings. The van der Waals surface area contributed by atoms with Crippen molar-refractivity contribution in [3.05, 3.63) is 0 Å². The lowest BCUT2D eigenvalue weighted by atomic mass is 10.1. The number of aliphatic carboxylic acids is 3. The van der Waals surface area contributed by atoms with Crippen molar-refractivity contribution in [3.8, 4) is 0 Å². The van der Waals surface area contributed by atoms with Gasteiger partial charge in [-0.1, -0.05) is 0 Å². The van der Waals surface area contributed by atoms with Gasteiger partial charge in [-0.25, -0.2) is 4.79 Å². The SMILES string of the molecule is NC(CCC(=O)O)C(=O)NC(CS)C(=O)O.NC(CS)C(=O)NCC(=O)O. The maximum Gasteiger partial charge on any atom is 0.327 e. The van der Waals surface area contributed by atoms with Gasteiger partial charge in [-0.2, -0.15) is 25.3 Å². The summed E-state index contributed by atoms with van der Waals surface area (Å²) in [5.74, 6) is -4.42. The van der Waals surface area contributed by atoms with E-state index in [0.29, 0.717) is 0 Å². The first-order valence-corrected chi connectivity index (χ1v) is 8.70. The molecule has 12 nitrogen and oxygen atoms in total. The second kappa shape index (κ2) is 15.1. The highest BCUT2D eigenvalue weighted by molar-refractivity contribution is 7.80. The van der Waals surface area contributed by atoms with Crippen LogP contribution in [0.15, 0.2) is 0 Å². The number of carboxylic acid groups (broad SMARTS) is 3. The van der Waals surface area contributed by atoms with Crippen LogP contribution in [0.2, 0.25) is 0 Å². The largest absolute Gasteiger partial charge is 0.481 e. The molecule has 0 aromatic carbocycles. The molecule has 0 radical (unpaired) electrons. The lowest BCUT2D eigenvalue weighted by molar-refractivity contribution is -0.141. The van der Waals surface area contributed by atoms with E-state index in [2.05, 4.69) is 35.9 Å². The molecule has 0 bridgehead atoms. The number of nitrogens with two attached hydrogens (primary N) is 2. The van der Waals surface area contributed by atoms with Crippen LogP contribution in [0.25, 0.3) is 0 Å². The van der Waals surface area contributed by atoms with Crippen LogP contribution in [-0.2, 0) is 24.0 Å². The lowest BCUT2D eigenvalue weighted by Crippen LogP contribution is -2.49. The summed E-state index contributed by atoms with van der Waals surface area (Å²) in [6, 6.07) is -2.89. The van der Waals surface area contributed by atoms with Crippen LogP contribution in [0, 0.1) is 0 Å². The Kier molecular flexibility index (Phi) is 15.2. The first-order chi connectivity index (χ1) is 12.5. The number of carbonyl (C=O) groups excluding carboxylic acids is 2. The molecule has 0 heterocycles. The van der Waals surface area contributed by atoms with E-state index in [1.807, 2.05) is 0 Å². The minimum atomic E-state index is -1.21. The van der Waals surface area contributed by atoms with Crippen molar-refractivity contribution < 1.29 is 39.3 Å². The molecule has 27 heavy (non-hydrogen) atoms. The third-order valence-electron chi connectivity index (χ3n) is 2.75. The number of carbonyl (C=O) groups is 5. The Labute approximate surface area is 165 Å². The van der Waals surface area contributed by atoms with Crippen LogP contribution >= 0.6 is 25.3 Å². The van der Waals surface area contributed by atoms with Gasteiger partial charge < -0.3 is 37.4 Å². The van der Waals surface area contributed by atoms with Gasteiger partial charge in [-0.3, -0.25) is 19.2 Å². The quantitative estimate of drug-likeness (QED) is 0.153. The Morgan fingerprint density at radius 3 is 1.78 bits per heavy atom. The second-order valence-corrected chi connectivity index (χ2v) is 5.75. The Hall–Kier alpha value is -2.03. The smallest absolute Gasteiger partial charge is 0.327 e. The number of nitrogens with one attached hydrogen (secondary N) is 2. The summed E-state index contributed by atoms with van der Waals surface area (Å²) in [4.78, 5) is 52.7. The third kappa shape index (κ3) is 14.8. The first-order valence-electron chi connectivity index (χ1n) is 7.43. The molecule has 156 valence electrons. The van der Waals surface area contributed by atoms with Crippen LogP contribution in [0.3, 0.4) is 0 Å². The van der Waals surface area contributed by atoms with Crippen molar-refractivity contribution in [2.75, 3.05) is 18.1 Å². The van der Waals surface area contributed by atoms with Gasteiger partial charge in [0.15, 0.2) is 0 Å². The summed E-state index contributed by atoms with van der Waals surface area (Å²) in [5.41, 5.74) is 10.6. The molecule has 0 spiro atoms. The fourth-order valence-corrected chi connectivity index (χ4v) is 1.66. The molecule has 14 heteroatoms. The van der Waals surface area contributed by atoms with E-state index in [1.165, 1.54) is 0 Å². The van der Waals surface area contributed by atoms with Gasteiger partial charge >= 0.3 is 17.9 Å². The molecule has 3 atom stereocenters. The molecule has 0 aliphatic rings. The summed E-state index contributed by atoms with van der Waals surface area (Å²) in [6.45, 7) is -0.402. The summed E-state index contributed by atoms with van der Waals surface area (Å²) in [6.07, 6.45) is -0.284. The monoisotopic (exact) mass is 428 g/mol. The standard InChI is InChI=1S/C8H14N2O5S.C5H10N2O3S/c9-4(1-2-6(11)12)7(13)10-5(3-16)8(14)15;6-3(2-11)5(10)7-1-4(8)9/h4-5,16H,1-3,9H2,(H,10,13)(H,11,12)(H,14,15);3,11H,1-2,6H2,(H,7,10)(H,8,9). The Bertz CT molecular complexity index is 534. The molecule has 0 aliphatic heterocycles. The predicted octanol–water partition coefficient (Wildman–Crippen LogP) is -2.88. The maximum atomic E-state index is 11.3. The van der Waals surface area contributed by atoms with Gasteiger partial charge in [-0.05, 0) is 6.42 Å². The van der Waals surface area contributed by atoms with Gasteiger partial charge in [0, 0.05) is 17.9 Å². The van der Waals surface area contributed by atoms with Crippen LogP contribution in [0.1, 0.15) is 12.8 Å². The molecular weight excluding hydrogens is 404 g/mol. The molecule has 9 N–H and O–H groups in total. The fourth-order valence-electron chi connectivity index (χ4n) is 1.25. The first kappa shape index (κ1) is 27.2. The predicted molar refractivity (Wildman–Crippen MR) is 101 cm³/mol. The highest BCUT2D eigenvalue weighted by atomic mass is 32.1. The molecular formula is C13H24N4O8S2. The van der Waals surface area contributed by atoms with Crippen molar-refractivity contribution in [2.45, 2.75) is 31.0 Å². The van der Waals surface area contributed by atoms with E-state index in [0.717, 1.165) is 0 Å². The minimum absolute atomic E-state index is 0.0416. The molecule has 0 saturated heterocycles. The normalized spacial score (nSPS) is 13.2. The summed E-state index contributed by atoms with van der Waals surface area (Å²) in [7, 11) is 0. The maximum absolute atomic E-state index is 11.3. The zero-order valence-electron chi connectivity index (χ0n) is 14.2. The average molecular weight is 428 g/mol. The van der Waals surface area contributed by atoms with E-state index >= 15 is 0 Å². The molecule has 0 aromatic heterocycles. The molecule has 0 aliphatic carbocycles. The highest BCUT2D eigenvalue weighted by Crippen LogP contribution is 1.97. The van der Waals surface area contributed by atoms with Gasteiger partial charge in [0.2, 0.25) is 11.8 Å². The Balaban J connectivity index is 0. The van der Waals surface area contributed by atoms with Gasteiger partial charge in [0.1, 0.15) is 12.6 Å². The summed E-state index contributed by atoms with van der Waals surface area (Å²) in [5, 5.41) is 29.4. The van der Waals surface area contributed by atoms with Crippen LogP contribution in [0.5, 0.6) is 0 Å². The van der Waals surface area contributed by atoms with E-state index in [4.69, 9.17) is 26.8 Å². The van der Waals surface area contributed by atoms with Gasteiger partial charge in [0.05, 0.1) is 12.1 Å². The molecule has 2 amide bonds. The highest BCUT2D eigenvalue weighted by Gasteiger charge is 2.22. The second-order valence-electron chi connectivity index (χ2n) is 5.02. The van der Waals surface area contributed by atoms with Crippen molar-refractivity contribution in [1.82, 2.24) is 10.6 Å². The van der Waals surface area contributed by atoms with E-state index in [9.17, 15) is 24.0 Å². The van der Waals surface area contributed by atoms with Crippen molar-refractivity contribution in [3.63, 3.8) is 0 Å². The Morgan fingerprint density at radius 2 is 1.41 bits per heavy atom. The van der Waals surface area contributed by atoms with Crippen molar-refractivity contribution in [2.24, 2.45) is 11.5 Å². The Morgan fingerprint density at radius 1 is 0.852 bits per heavy atom. The summed E-state index contributed by atoms with van der Waals surface area (Å²) < 4.78 is 0. The zero-order valence-corrected chi connectivity index (χ0v) is 16.0. The van der Waals surface area contributed by atoms with Crippen molar-refractivity contribution in [1.29, 1.82) is 0 Å². The van der Waals surface area contributed by atoms with Gasteiger partial charge in [0.25, 0.3) is 0 Å². The number of thiol groups is 2. The molecule has 0 rings (SSSR count). The third-order valence-corrected chi connectivity index (χ3v) is 3.51. The van der Waals surface area contributed by atoms with E-state index in [1.54, 1.807) is 0 Å². The summed E-state index contributed by atoms with van der Waals surface area (Å²) >= 11 is 7.52. The number of rotatable bonds is 11. The number of hydrogen-bond donors (Lipinski definition) is 9. The zero-order chi connectivity index (χ0) is 21.6. The van der Waals surface area contributed by atoms with Crippen LogP contribution < -0.4 is 22.1 Å². The number of carboxylic acids is 3. The number of amides is 2. The molecule has 0 aromatic rings. The van der Waals surface area contributed by atoms with Crippen LogP contribution in [-0.4, -0.2) is 81.2 Å². The van der Waals surface area contributed by atoms with Crippen LogP contribution in [0.4, 0.5) is 0 Å². The average Bonchev–Trinajstić information content (AvgIpc) is 2.61. The van der Waals surface area contributed by atoms with Gasteiger partial charge in [-0.15, -0.1) is 0 Å². The molecule has 0 saturated carbocycles. The number of hydrogen-bond acceptors (Lipinski definition) is 9. The topological polar surface area (TPSA) is 222 Å². The van der Waals surface area contributed by atoms with E-state index < -0.39 is 54.4 Å². The molecule has 3 unspecified atom stereocenters. The fraction of sp³-hybridized carbons (Fsp3) is 0.615. The minimum Gasteiger partial charge on any atom is -0.481 e. The van der Waals surface area contributed by atoms with Crippen molar-refractivity contribution >= 4 is 55.0 Å². The van der Waals surface area contributed by atoms with E-state index in [-0.39, 0.29) is 24.3 Å².